The second-order valence-corrected chi connectivity index (χ2v) is 4.20. The van der Waals surface area contributed by atoms with Crippen molar-refractivity contribution in [3.8, 4) is 0 Å². The van der Waals surface area contributed by atoms with E-state index in [2.05, 4.69) is 0 Å². The molecule has 0 aliphatic rings. The maximum atomic E-state index is 13.1. The summed E-state index contributed by atoms with van der Waals surface area (Å²) in [7, 11) is 1.83. The zero-order valence-electron chi connectivity index (χ0n) is 10.2. The van der Waals surface area contributed by atoms with Crippen LogP contribution in [0.4, 0.5) is 4.39 Å². The Morgan fingerprint density at radius 2 is 1.83 bits per heavy atom. The Kier molecular flexibility index (Phi) is 3.72. The van der Waals surface area contributed by atoms with Crippen molar-refractivity contribution in [3.05, 3.63) is 71.5 Å². The van der Waals surface area contributed by atoms with Crippen LogP contribution in [-0.4, -0.2) is 17.8 Å². The monoisotopic (exact) mass is 242 g/mol. The van der Waals surface area contributed by atoms with E-state index in [1.54, 1.807) is 11.0 Å². The van der Waals surface area contributed by atoms with Crippen LogP contribution in [0.25, 0.3) is 0 Å². The third kappa shape index (κ3) is 2.94. The molecule has 2 aromatic rings. The van der Waals surface area contributed by atoms with Gasteiger partial charge < -0.3 is 4.90 Å². The van der Waals surface area contributed by atoms with E-state index in [9.17, 15) is 4.39 Å². The van der Waals surface area contributed by atoms with Gasteiger partial charge in [0.05, 0.1) is 0 Å². The fourth-order valence-corrected chi connectivity index (χ4v) is 1.80. The van der Waals surface area contributed by atoms with Gasteiger partial charge in [-0.25, -0.2) is 4.39 Å². The minimum atomic E-state index is -0.243. The Bertz CT molecular complexity index is 537. The standard InChI is InChI=1S/C15H15FN2/c1-18(11-12-6-5-9-14(16)10-12)15(17)13-7-3-2-4-8-13/h2-10,17H,11H2,1H3. The molecule has 0 atom stereocenters. The van der Waals surface area contributed by atoms with Gasteiger partial charge in [0.1, 0.15) is 11.7 Å². The molecule has 0 saturated carbocycles. The Labute approximate surface area is 106 Å². The molecule has 0 spiro atoms. The maximum absolute atomic E-state index is 13.1. The summed E-state index contributed by atoms with van der Waals surface area (Å²) in [5, 5.41) is 8.07. The number of halogens is 1. The van der Waals surface area contributed by atoms with Crippen molar-refractivity contribution in [2.24, 2.45) is 0 Å². The Morgan fingerprint density at radius 3 is 2.50 bits per heavy atom. The van der Waals surface area contributed by atoms with Gasteiger partial charge in [0, 0.05) is 19.2 Å². The van der Waals surface area contributed by atoms with Crippen molar-refractivity contribution in [1.82, 2.24) is 4.90 Å². The smallest absolute Gasteiger partial charge is 0.128 e. The highest BCUT2D eigenvalue weighted by molar-refractivity contribution is 5.96. The average Bonchev–Trinajstić information content (AvgIpc) is 2.39. The Hall–Kier alpha value is -2.16. The van der Waals surface area contributed by atoms with Crippen LogP contribution < -0.4 is 0 Å². The van der Waals surface area contributed by atoms with E-state index in [1.165, 1.54) is 12.1 Å². The molecule has 0 bridgehead atoms. The zero-order chi connectivity index (χ0) is 13.0. The van der Waals surface area contributed by atoms with Crippen LogP contribution in [0.5, 0.6) is 0 Å². The Morgan fingerprint density at radius 1 is 1.11 bits per heavy atom. The van der Waals surface area contributed by atoms with Crippen LogP contribution in [0, 0.1) is 11.2 Å². The highest BCUT2D eigenvalue weighted by Crippen LogP contribution is 2.09. The lowest BCUT2D eigenvalue weighted by Gasteiger charge is -2.20. The highest BCUT2D eigenvalue weighted by atomic mass is 19.1. The van der Waals surface area contributed by atoms with Crippen LogP contribution >= 0.6 is 0 Å². The molecule has 0 aliphatic carbocycles. The summed E-state index contributed by atoms with van der Waals surface area (Å²) >= 11 is 0. The van der Waals surface area contributed by atoms with Crippen LogP contribution in [0.2, 0.25) is 0 Å². The summed E-state index contributed by atoms with van der Waals surface area (Å²) in [6.45, 7) is 0.519. The summed E-state index contributed by atoms with van der Waals surface area (Å²) < 4.78 is 13.1. The normalized spacial score (nSPS) is 10.1. The van der Waals surface area contributed by atoms with Crippen molar-refractivity contribution in [3.63, 3.8) is 0 Å². The van der Waals surface area contributed by atoms with Crippen molar-refractivity contribution in [2.45, 2.75) is 6.54 Å². The van der Waals surface area contributed by atoms with Gasteiger partial charge in [-0.15, -0.1) is 0 Å². The molecule has 0 amide bonds. The van der Waals surface area contributed by atoms with Gasteiger partial charge in [0.2, 0.25) is 0 Å². The number of amidine groups is 1. The summed E-state index contributed by atoms with van der Waals surface area (Å²) in [4.78, 5) is 1.80. The molecule has 1 N–H and O–H groups in total. The summed E-state index contributed by atoms with van der Waals surface area (Å²) in [5.41, 5.74) is 1.72. The third-order valence-electron chi connectivity index (χ3n) is 2.74. The van der Waals surface area contributed by atoms with E-state index in [0.29, 0.717) is 12.4 Å². The van der Waals surface area contributed by atoms with E-state index in [-0.39, 0.29) is 5.82 Å². The summed E-state index contributed by atoms with van der Waals surface area (Å²) in [5.74, 6) is 0.187. The summed E-state index contributed by atoms with van der Waals surface area (Å²) in [6, 6.07) is 16.0. The molecule has 0 unspecified atom stereocenters. The molecule has 0 radical (unpaired) electrons. The molecular formula is C15H15FN2. The summed E-state index contributed by atoms with van der Waals surface area (Å²) in [6.07, 6.45) is 0. The molecule has 0 aliphatic heterocycles. The highest BCUT2D eigenvalue weighted by Gasteiger charge is 2.07. The lowest BCUT2D eigenvalue weighted by Crippen LogP contribution is -2.26. The molecule has 2 nitrogen and oxygen atoms in total. The van der Waals surface area contributed by atoms with Crippen LogP contribution in [0.3, 0.4) is 0 Å². The van der Waals surface area contributed by atoms with Gasteiger partial charge >= 0.3 is 0 Å². The lowest BCUT2D eigenvalue weighted by molar-refractivity contribution is 0.495. The number of hydrogen-bond donors (Lipinski definition) is 1. The van der Waals surface area contributed by atoms with Gasteiger partial charge in [-0.1, -0.05) is 42.5 Å². The predicted octanol–water partition coefficient (Wildman–Crippen LogP) is 3.28. The fraction of sp³-hybridized carbons (Fsp3) is 0.133. The van der Waals surface area contributed by atoms with E-state index in [4.69, 9.17) is 5.41 Å². The van der Waals surface area contributed by atoms with Crippen molar-refractivity contribution < 1.29 is 4.39 Å². The van der Waals surface area contributed by atoms with Gasteiger partial charge in [-0.2, -0.15) is 0 Å². The molecule has 2 aromatic carbocycles. The fourth-order valence-electron chi connectivity index (χ4n) is 1.80. The first-order valence-corrected chi connectivity index (χ1v) is 5.76. The molecule has 0 heterocycles. The van der Waals surface area contributed by atoms with Crippen LogP contribution in [0.1, 0.15) is 11.1 Å². The largest absolute Gasteiger partial charge is 0.355 e. The first-order valence-electron chi connectivity index (χ1n) is 5.76. The minimum absolute atomic E-state index is 0.243. The maximum Gasteiger partial charge on any atom is 0.128 e. The van der Waals surface area contributed by atoms with E-state index in [1.807, 2.05) is 43.4 Å². The van der Waals surface area contributed by atoms with Gasteiger partial charge in [-0.3, -0.25) is 5.41 Å². The third-order valence-corrected chi connectivity index (χ3v) is 2.74. The van der Waals surface area contributed by atoms with E-state index < -0.39 is 0 Å². The molecule has 0 aromatic heterocycles. The zero-order valence-corrected chi connectivity index (χ0v) is 10.2. The van der Waals surface area contributed by atoms with Gasteiger partial charge in [0.25, 0.3) is 0 Å². The first-order chi connectivity index (χ1) is 8.66. The molecule has 0 saturated heterocycles. The van der Waals surface area contributed by atoms with Crippen LogP contribution in [-0.2, 0) is 6.54 Å². The predicted molar refractivity (Wildman–Crippen MR) is 71.1 cm³/mol. The number of rotatable bonds is 3. The number of nitrogens with zero attached hydrogens (tertiary/aromatic N) is 1. The molecule has 0 fully saturated rings. The van der Waals surface area contributed by atoms with E-state index >= 15 is 0 Å². The van der Waals surface area contributed by atoms with Gasteiger partial charge in [0.15, 0.2) is 0 Å². The quantitative estimate of drug-likeness (QED) is 0.649. The minimum Gasteiger partial charge on any atom is -0.355 e. The molecule has 2 rings (SSSR count). The molecule has 3 heteroatoms. The topological polar surface area (TPSA) is 27.1 Å². The second kappa shape index (κ2) is 5.45. The first kappa shape index (κ1) is 12.3. The van der Waals surface area contributed by atoms with E-state index in [0.717, 1.165) is 11.1 Å². The molecule has 92 valence electrons. The number of nitrogens with one attached hydrogen (secondary N) is 1. The Balaban J connectivity index is 2.09. The van der Waals surface area contributed by atoms with Crippen LogP contribution in [0.15, 0.2) is 54.6 Å². The SMILES string of the molecule is CN(Cc1cccc(F)c1)C(=N)c1ccccc1. The number of benzene rings is 2. The second-order valence-electron chi connectivity index (χ2n) is 4.20. The van der Waals surface area contributed by atoms with Crippen molar-refractivity contribution in [2.75, 3.05) is 7.05 Å². The number of hydrogen-bond acceptors (Lipinski definition) is 1. The van der Waals surface area contributed by atoms with Crippen molar-refractivity contribution >= 4 is 5.84 Å². The average molecular weight is 242 g/mol. The van der Waals surface area contributed by atoms with Gasteiger partial charge in [-0.05, 0) is 17.7 Å². The van der Waals surface area contributed by atoms with Crippen molar-refractivity contribution in [1.29, 1.82) is 5.41 Å². The molecule has 18 heavy (non-hydrogen) atoms. The molecular weight excluding hydrogens is 227 g/mol. The lowest BCUT2D eigenvalue weighted by atomic mass is 10.1.